The molecule has 2 aromatic carbocycles. The maximum Gasteiger partial charge on any atom is 0.242 e. The highest BCUT2D eigenvalue weighted by Gasteiger charge is 2.20. The highest BCUT2D eigenvalue weighted by molar-refractivity contribution is 7.89. The number of likely N-dealkylation sites (tertiary alicyclic amines) is 1. The molecular formula is C20H22ClN3O4S. The molecule has 1 saturated heterocycles. The Kier molecular flexibility index (Phi) is 6.89. The SMILES string of the molecule is O=C(CCNS(=O)(=O)c1ccccc1Cl)Nc1cccc(CN2CCCC2=O)c1. The zero-order valence-corrected chi connectivity index (χ0v) is 17.3. The van der Waals surface area contributed by atoms with Crippen molar-refractivity contribution < 1.29 is 18.0 Å². The number of carbonyl (C=O) groups is 2. The highest BCUT2D eigenvalue weighted by atomic mass is 35.5. The Balaban J connectivity index is 1.51. The number of halogens is 1. The van der Waals surface area contributed by atoms with E-state index in [0.29, 0.717) is 18.7 Å². The Morgan fingerprint density at radius 1 is 1.14 bits per heavy atom. The second-order valence-corrected chi connectivity index (χ2v) is 8.89. The van der Waals surface area contributed by atoms with Gasteiger partial charge in [-0.15, -0.1) is 0 Å². The summed E-state index contributed by atoms with van der Waals surface area (Å²) in [7, 11) is -3.78. The van der Waals surface area contributed by atoms with Crippen molar-refractivity contribution in [3.8, 4) is 0 Å². The molecule has 3 rings (SSSR count). The van der Waals surface area contributed by atoms with Gasteiger partial charge < -0.3 is 10.2 Å². The van der Waals surface area contributed by atoms with Gasteiger partial charge in [0.25, 0.3) is 0 Å². The van der Waals surface area contributed by atoms with E-state index in [0.717, 1.165) is 18.5 Å². The van der Waals surface area contributed by atoms with E-state index in [1.165, 1.54) is 12.1 Å². The van der Waals surface area contributed by atoms with Crippen molar-refractivity contribution in [2.24, 2.45) is 0 Å². The zero-order valence-electron chi connectivity index (χ0n) is 15.7. The molecule has 0 radical (unpaired) electrons. The van der Waals surface area contributed by atoms with Crippen molar-refractivity contribution in [2.45, 2.75) is 30.7 Å². The van der Waals surface area contributed by atoms with E-state index in [-0.39, 0.29) is 34.7 Å². The van der Waals surface area contributed by atoms with Gasteiger partial charge in [-0.05, 0) is 36.2 Å². The minimum atomic E-state index is -3.78. The number of anilines is 1. The van der Waals surface area contributed by atoms with Gasteiger partial charge in [-0.1, -0.05) is 35.9 Å². The molecule has 1 aliphatic heterocycles. The standard InChI is InChI=1S/C20H22ClN3O4S/c21-17-7-1-2-8-18(17)29(27,28)22-11-10-19(25)23-16-6-3-5-15(13-16)14-24-12-4-9-20(24)26/h1-3,5-8,13,22H,4,9-12,14H2,(H,23,25). The Bertz CT molecular complexity index is 1010. The molecular weight excluding hydrogens is 414 g/mol. The van der Waals surface area contributed by atoms with Crippen LogP contribution in [-0.4, -0.2) is 38.2 Å². The van der Waals surface area contributed by atoms with Crippen LogP contribution in [0.4, 0.5) is 5.69 Å². The summed E-state index contributed by atoms with van der Waals surface area (Å²) >= 11 is 5.92. The third kappa shape index (κ3) is 5.79. The van der Waals surface area contributed by atoms with Crippen molar-refractivity contribution in [1.29, 1.82) is 0 Å². The van der Waals surface area contributed by atoms with E-state index >= 15 is 0 Å². The van der Waals surface area contributed by atoms with Crippen LogP contribution in [0.5, 0.6) is 0 Å². The normalized spacial score (nSPS) is 14.2. The zero-order chi connectivity index (χ0) is 20.9. The number of nitrogens with zero attached hydrogens (tertiary/aromatic N) is 1. The van der Waals surface area contributed by atoms with E-state index in [1.807, 2.05) is 18.2 Å². The summed E-state index contributed by atoms with van der Waals surface area (Å²) in [5.41, 5.74) is 1.53. The van der Waals surface area contributed by atoms with Crippen LogP contribution in [-0.2, 0) is 26.2 Å². The average Bonchev–Trinajstić information content (AvgIpc) is 3.06. The molecule has 2 aromatic rings. The second-order valence-electron chi connectivity index (χ2n) is 6.75. The third-order valence-electron chi connectivity index (χ3n) is 4.53. The molecule has 0 bridgehead atoms. The maximum absolute atomic E-state index is 12.3. The summed E-state index contributed by atoms with van der Waals surface area (Å²) in [5, 5.41) is 2.88. The molecule has 0 unspecified atom stereocenters. The number of nitrogens with one attached hydrogen (secondary N) is 2. The van der Waals surface area contributed by atoms with E-state index in [1.54, 1.807) is 23.1 Å². The lowest BCUT2D eigenvalue weighted by atomic mass is 10.2. The van der Waals surface area contributed by atoms with Crippen molar-refractivity contribution in [2.75, 3.05) is 18.4 Å². The molecule has 2 N–H and O–H groups in total. The first-order chi connectivity index (χ1) is 13.8. The second kappa shape index (κ2) is 9.39. The number of hydrogen-bond donors (Lipinski definition) is 2. The Hall–Kier alpha value is -2.42. The van der Waals surface area contributed by atoms with Gasteiger partial charge >= 0.3 is 0 Å². The Morgan fingerprint density at radius 3 is 2.66 bits per heavy atom. The highest BCUT2D eigenvalue weighted by Crippen LogP contribution is 2.20. The summed E-state index contributed by atoms with van der Waals surface area (Å²) in [6.07, 6.45) is 1.43. The van der Waals surface area contributed by atoms with Crippen LogP contribution < -0.4 is 10.0 Å². The first kappa shape index (κ1) is 21.3. The maximum atomic E-state index is 12.3. The van der Waals surface area contributed by atoms with Crippen LogP contribution in [0.2, 0.25) is 5.02 Å². The van der Waals surface area contributed by atoms with Crippen molar-refractivity contribution in [1.82, 2.24) is 9.62 Å². The number of rotatable bonds is 8. The number of hydrogen-bond acceptors (Lipinski definition) is 4. The van der Waals surface area contributed by atoms with E-state index < -0.39 is 10.0 Å². The van der Waals surface area contributed by atoms with Gasteiger partial charge in [0, 0.05) is 38.2 Å². The molecule has 0 aromatic heterocycles. The lowest BCUT2D eigenvalue weighted by molar-refractivity contribution is -0.128. The van der Waals surface area contributed by atoms with Crippen LogP contribution in [0.3, 0.4) is 0 Å². The molecule has 9 heteroatoms. The molecule has 2 amide bonds. The number of carbonyl (C=O) groups excluding carboxylic acids is 2. The fourth-order valence-corrected chi connectivity index (χ4v) is 4.65. The summed E-state index contributed by atoms with van der Waals surface area (Å²) in [6, 6.07) is 13.4. The van der Waals surface area contributed by atoms with Crippen LogP contribution in [0.25, 0.3) is 0 Å². The molecule has 29 heavy (non-hydrogen) atoms. The molecule has 154 valence electrons. The van der Waals surface area contributed by atoms with Gasteiger partial charge in [0.2, 0.25) is 21.8 Å². The fourth-order valence-electron chi connectivity index (χ4n) is 3.10. The molecule has 1 fully saturated rings. The quantitative estimate of drug-likeness (QED) is 0.666. The van der Waals surface area contributed by atoms with Gasteiger partial charge in [0.15, 0.2) is 0 Å². The van der Waals surface area contributed by atoms with E-state index in [2.05, 4.69) is 10.0 Å². The van der Waals surface area contributed by atoms with E-state index in [9.17, 15) is 18.0 Å². The average molecular weight is 436 g/mol. The fraction of sp³-hybridized carbons (Fsp3) is 0.300. The Labute approximate surface area is 175 Å². The summed E-state index contributed by atoms with van der Waals surface area (Å²) in [5.74, 6) is -0.175. The van der Waals surface area contributed by atoms with Crippen LogP contribution in [0.15, 0.2) is 53.4 Å². The van der Waals surface area contributed by atoms with E-state index in [4.69, 9.17) is 11.6 Å². The van der Waals surface area contributed by atoms with Crippen molar-refractivity contribution in [3.63, 3.8) is 0 Å². The van der Waals surface area contributed by atoms with Gasteiger partial charge in [-0.25, -0.2) is 13.1 Å². The summed E-state index contributed by atoms with van der Waals surface area (Å²) in [6.45, 7) is 1.21. The van der Waals surface area contributed by atoms with Gasteiger partial charge in [0.05, 0.1) is 5.02 Å². The van der Waals surface area contributed by atoms with Crippen LogP contribution in [0, 0.1) is 0 Å². The Morgan fingerprint density at radius 2 is 1.93 bits per heavy atom. The lowest BCUT2D eigenvalue weighted by Crippen LogP contribution is -2.28. The minimum absolute atomic E-state index is 0.0220. The molecule has 0 saturated carbocycles. The molecule has 7 nitrogen and oxygen atoms in total. The van der Waals surface area contributed by atoms with Crippen LogP contribution in [0.1, 0.15) is 24.8 Å². The molecule has 1 heterocycles. The van der Waals surface area contributed by atoms with Crippen LogP contribution >= 0.6 is 11.6 Å². The van der Waals surface area contributed by atoms with Crippen molar-refractivity contribution in [3.05, 3.63) is 59.1 Å². The number of sulfonamides is 1. The first-order valence-electron chi connectivity index (χ1n) is 9.26. The van der Waals surface area contributed by atoms with Crippen molar-refractivity contribution >= 4 is 39.1 Å². The van der Waals surface area contributed by atoms with Gasteiger partial charge in [0.1, 0.15) is 4.90 Å². The van der Waals surface area contributed by atoms with Gasteiger partial charge in [-0.3, -0.25) is 9.59 Å². The molecule has 0 aliphatic carbocycles. The predicted octanol–water partition coefficient (Wildman–Crippen LogP) is 2.77. The predicted molar refractivity (Wildman–Crippen MR) is 111 cm³/mol. The minimum Gasteiger partial charge on any atom is -0.338 e. The first-order valence-corrected chi connectivity index (χ1v) is 11.1. The molecule has 0 atom stereocenters. The molecule has 0 spiro atoms. The monoisotopic (exact) mass is 435 g/mol. The summed E-state index contributed by atoms with van der Waals surface area (Å²) < 4.78 is 26.9. The molecule has 1 aliphatic rings. The number of benzene rings is 2. The van der Waals surface area contributed by atoms with Gasteiger partial charge in [-0.2, -0.15) is 0 Å². The lowest BCUT2D eigenvalue weighted by Gasteiger charge is -2.16. The largest absolute Gasteiger partial charge is 0.338 e. The number of amides is 2. The topological polar surface area (TPSA) is 95.6 Å². The summed E-state index contributed by atoms with van der Waals surface area (Å²) in [4.78, 5) is 25.7. The smallest absolute Gasteiger partial charge is 0.242 e. The third-order valence-corrected chi connectivity index (χ3v) is 6.49.